The van der Waals surface area contributed by atoms with Crippen LogP contribution in [0.3, 0.4) is 0 Å². The van der Waals surface area contributed by atoms with Gasteiger partial charge in [0.05, 0.1) is 44.4 Å². The summed E-state index contributed by atoms with van der Waals surface area (Å²) in [5.74, 6) is 0.197. The third kappa shape index (κ3) is 5.85. The lowest BCUT2D eigenvalue weighted by molar-refractivity contribution is 0.0858. The minimum atomic E-state index is -3.76. The van der Waals surface area contributed by atoms with Crippen LogP contribution in [-0.4, -0.2) is 54.1 Å². The number of sulfonamides is 1. The SMILES string of the molecule is COc1cc(C(=O)NC[C@H]2CCCO2)c(N(Cc2ccc(Cl)cc2)S(C)(=O)=O)cc1OC. The lowest BCUT2D eigenvalue weighted by atomic mass is 10.1. The Hall–Kier alpha value is -2.49. The standard InChI is InChI=1S/C22H27ClN2O6S/c1-29-20-11-18(22(26)24-13-17-5-4-10-31-17)19(12-21(20)30-2)25(32(3,27)28)14-15-6-8-16(23)9-7-15/h6-9,11-12,17H,4-5,10,13-14H2,1-3H3,(H,24,26)/t17-/m1/s1. The van der Waals surface area contributed by atoms with Gasteiger partial charge in [-0.25, -0.2) is 8.42 Å². The highest BCUT2D eigenvalue weighted by Gasteiger charge is 2.27. The molecule has 1 aliphatic rings. The third-order valence-corrected chi connectivity index (χ3v) is 6.55. The first-order chi connectivity index (χ1) is 15.2. The van der Waals surface area contributed by atoms with Crippen LogP contribution < -0.4 is 19.1 Å². The highest BCUT2D eigenvalue weighted by atomic mass is 35.5. The minimum absolute atomic E-state index is 0.0114. The van der Waals surface area contributed by atoms with Crippen molar-refractivity contribution in [2.75, 3.05) is 37.9 Å². The minimum Gasteiger partial charge on any atom is -0.493 e. The van der Waals surface area contributed by atoms with E-state index < -0.39 is 15.9 Å². The molecule has 0 unspecified atom stereocenters. The van der Waals surface area contributed by atoms with E-state index in [9.17, 15) is 13.2 Å². The van der Waals surface area contributed by atoms with Crippen molar-refractivity contribution in [3.8, 4) is 11.5 Å². The van der Waals surface area contributed by atoms with Crippen LogP contribution in [0.1, 0.15) is 28.8 Å². The van der Waals surface area contributed by atoms with Crippen LogP contribution in [0.4, 0.5) is 5.69 Å². The molecule has 1 fully saturated rings. The van der Waals surface area contributed by atoms with E-state index in [0.29, 0.717) is 35.2 Å². The average molecular weight is 483 g/mol. The fourth-order valence-corrected chi connectivity index (χ4v) is 4.52. The summed E-state index contributed by atoms with van der Waals surface area (Å²) < 4.78 is 43.0. The number of anilines is 1. The molecular weight excluding hydrogens is 456 g/mol. The molecule has 2 aromatic rings. The molecule has 2 aromatic carbocycles. The van der Waals surface area contributed by atoms with Gasteiger partial charge in [0.25, 0.3) is 5.91 Å². The zero-order valence-electron chi connectivity index (χ0n) is 18.3. The van der Waals surface area contributed by atoms with Crippen molar-refractivity contribution in [1.29, 1.82) is 0 Å². The molecule has 0 aromatic heterocycles. The largest absolute Gasteiger partial charge is 0.493 e. The van der Waals surface area contributed by atoms with Crippen molar-refractivity contribution >= 4 is 33.2 Å². The third-order valence-electron chi connectivity index (χ3n) is 5.17. The van der Waals surface area contributed by atoms with Crippen molar-refractivity contribution in [3.05, 3.63) is 52.5 Å². The van der Waals surface area contributed by atoms with Gasteiger partial charge in [0.1, 0.15) is 0 Å². The second kappa shape index (κ2) is 10.4. The Labute approximate surface area is 193 Å². The Morgan fingerprint density at radius 1 is 1.19 bits per heavy atom. The summed E-state index contributed by atoms with van der Waals surface area (Å²) in [6.45, 7) is 1.02. The van der Waals surface area contributed by atoms with Gasteiger partial charge in [-0.1, -0.05) is 23.7 Å². The van der Waals surface area contributed by atoms with Gasteiger partial charge in [0, 0.05) is 24.2 Å². The smallest absolute Gasteiger partial charge is 0.253 e. The molecule has 0 aliphatic carbocycles. The molecule has 1 aliphatic heterocycles. The second-order valence-electron chi connectivity index (χ2n) is 7.47. The van der Waals surface area contributed by atoms with Crippen LogP contribution in [0, 0.1) is 0 Å². The number of hydrogen-bond acceptors (Lipinski definition) is 6. The van der Waals surface area contributed by atoms with Crippen molar-refractivity contribution in [2.24, 2.45) is 0 Å². The van der Waals surface area contributed by atoms with E-state index >= 15 is 0 Å². The summed E-state index contributed by atoms with van der Waals surface area (Å²) >= 11 is 5.96. The summed E-state index contributed by atoms with van der Waals surface area (Å²) in [5, 5.41) is 3.39. The van der Waals surface area contributed by atoms with Crippen molar-refractivity contribution in [1.82, 2.24) is 5.32 Å². The fourth-order valence-electron chi connectivity index (χ4n) is 3.50. The van der Waals surface area contributed by atoms with Crippen molar-refractivity contribution < 1.29 is 27.4 Å². The Bertz CT molecular complexity index is 1050. The summed E-state index contributed by atoms with van der Waals surface area (Å²) in [6.07, 6.45) is 2.85. The second-order valence-corrected chi connectivity index (χ2v) is 9.81. The van der Waals surface area contributed by atoms with Crippen LogP contribution in [0.25, 0.3) is 0 Å². The highest BCUT2D eigenvalue weighted by Crippen LogP contribution is 2.37. The van der Waals surface area contributed by atoms with Crippen molar-refractivity contribution in [3.63, 3.8) is 0 Å². The van der Waals surface area contributed by atoms with E-state index in [-0.39, 0.29) is 23.9 Å². The number of carbonyl (C=O) groups excluding carboxylic acids is 1. The quantitative estimate of drug-likeness (QED) is 0.589. The monoisotopic (exact) mass is 482 g/mol. The number of nitrogens with one attached hydrogen (secondary N) is 1. The first-order valence-corrected chi connectivity index (χ1v) is 12.3. The zero-order chi connectivity index (χ0) is 23.3. The van der Waals surface area contributed by atoms with Crippen LogP contribution in [0.2, 0.25) is 5.02 Å². The van der Waals surface area contributed by atoms with Gasteiger partial charge in [-0.15, -0.1) is 0 Å². The number of ether oxygens (including phenoxy) is 3. The van der Waals surface area contributed by atoms with Gasteiger partial charge < -0.3 is 19.5 Å². The molecule has 1 N–H and O–H groups in total. The lowest BCUT2D eigenvalue weighted by Crippen LogP contribution is -2.35. The van der Waals surface area contributed by atoms with Crippen LogP contribution >= 0.6 is 11.6 Å². The van der Waals surface area contributed by atoms with E-state index in [4.69, 9.17) is 25.8 Å². The summed E-state index contributed by atoms with van der Waals surface area (Å²) in [5.41, 5.74) is 1.05. The van der Waals surface area contributed by atoms with Gasteiger partial charge >= 0.3 is 0 Å². The Morgan fingerprint density at radius 2 is 1.84 bits per heavy atom. The average Bonchev–Trinajstić information content (AvgIpc) is 3.29. The number of halogens is 1. The Morgan fingerprint density at radius 3 is 2.41 bits per heavy atom. The van der Waals surface area contributed by atoms with Gasteiger partial charge in [0.2, 0.25) is 10.0 Å². The molecule has 8 nitrogen and oxygen atoms in total. The molecule has 1 amide bonds. The number of rotatable bonds is 9. The Balaban J connectivity index is 2.02. The number of methoxy groups -OCH3 is 2. The molecule has 0 radical (unpaired) electrons. The predicted molar refractivity (Wildman–Crippen MR) is 123 cm³/mol. The van der Waals surface area contributed by atoms with E-state index in [2.05, 4.69) is 5.32 Å². The fraction of sp³-hybridized carbons (Fsp3) is 0.409. The van der Waals surface area contributed by atoms with Gasteiger partial charge in [-0.3, -0.25) is 9.10 Å². The maximum absolute atomic E-state index is 13.1. The van der Waals surface area contributed by atoms with Gasteiger partial charge in [0.15, 0.2) is 11.5 Å². The molecule has 1 atom stereocenters. The molecule has 3 rings (SSSR count). The summed E-state index contributed by atoms with van der Waals surface area (Å²) in [7, 11) is -0.859. The first-order valence-electron chi connectivity index (χ1n) is 10.1. The summed E-state index contributed by atoms with van der Waals surface area (Å²) in [4.78, 5) is 13.1. The van der Waals surface area contributed by atoms with Gasteiger partial charge in [-0.05, 0) is 36.6 Å². The molecule has 1 heterocycles. The molecule has 0 bridgehead atoms. The van der Waals surface area contributed by atoms with Crippen LogP contribution in [0.5, 0.6) is 11.5 Å². The van der Waals surface area contributed by atoms with Crippen LogP contribution in [-0.2, 0) is 21.3 Å². The molecule has 10 heteroatoms. The number of benzene rings is 2. The van der Waals surface area contributed by atoms with Crippen LogP contribution in [0.15, 0.2) is 36.4 Å². The molecule has 0 saturated carbocycles. The molecule has 0 spiro atoms. The number of amides is 1. The van der Waals surface area contributed by atoms with E-state index in [1.807, 2.05) is 0 Å². The first kappa shape index (κ1) is 24.2. The van der Waals surface area contributed by atoms with E-state index in [1.165, 1.54) is 30.7 Å². The zero-order valence-corrected chi connectivity index (χ0v) is 19.8. The number of hydrogen-bond donors (Lipinski definition) is 1. The summed E-state index contributed by atoms with van der Waals surface area (Å²) in [6, 6.07) is 9.81. The predicted octanol–water partition coefficient (Wildman–Crippen LogP) is 3.23. The molecular formula is C22H27ClN2O6S. The normalized spacial score (nSPS) is 15.9. The highest BCUT2D eigenvalue weighted by molar-refractivity contribution is 7.92. The van der Waals surface area contributed by atoms with Crippen molar-refractivity contribution in [2.45, 2.75) is 25.5 Å². The molecule has 1 saturated heterocycles. The topological polar surface area (TPSA) is 94.2 Å². The molecule has 32 heavy (non-hydrogen) atoms. The van der Waals surface area contributed by atoms with Gasteiger partial charge in [-0.2, -0.15) is 0 Å². The maximum Gasteiger partial charge on any atom is 0.253 e. The number of carbonyl (C=O) groups is 1. The van der Waals surface area contributed by atoms with E-state index in [0.717, 1.165) is 19.1 Å². The lowest BCUT2D eigenvalue weighted by Gasteiger charge is -2.26. The Kier molecular flexibility index (Phi) is 7.86. The maximum atomic E-state index is 13.1. The number of nitrogens with zero attached hydrogens (tertiary/aromatic N) is 1. The molecule has 174 valence electrons. The van der Waals surface area contributed by atoms with E-state index in [1.54, 1.807) is 24.3 Å².